The summed E-state index contributed by atoms with van der Waals surface area (Å²) in [7, 11) is 3.50. The molecule has 1 saturated heterocycles. The molecule has 20 heavy (non-hydrogen) atoms. The van der Waals surface area contributed by atoms with Crippen LogP contribution >= 0.6 is 0 Å². The van der Waals surface area contributed by atoms with Crippen molar-refractivity contribution in [3.8, 4) is 0 Å². The van der Waals surface area contributed by atoms with Gasteiger partial charge >= 0.3 is 0 Å². The number of hydrogen-bond donors (Lipinski definition) is 2. The summed E-state index contributed by atoms with van der Waals surface area (Å²) in [5.74, 6) is 0.0519. The van der Waals surface area contributed by atoms with Crippen LogP contribution < -0.4 is 10.6 Å². The van der Waals surface area contributed by atoms with Gasteiger partial charge < -0.3 is 15.5 Å². The van der Waals surface area contributed by atoms with Crippen LogP contribution in [0.4, 0.5) is 0 Å². The van der Waals surface area contributed by atoms with Gasteiger partial charge in [-0.25, -0.2) is 0 Å². The Morgan fingerprint density at radius 3 is 2.75 bits per heavy atom. The second-order valence-corrected chi connectivity index (χ2v) is 5.68. The molecule has 116 valence electrons. The molecule has 0 bridgehead atoms. The van der Waals surface area contributed by atoms with Crippen LogP contribution in [-0.2, 0) is 9.59 Å². The van der Waals surface area contributed by atoms with Crippen molar-refractivity contribution in [3.05, 3.63) is 0 Å². The lowest BCUT2D eigenvalue weighted by Gasteiger charge is -2.36. The van der Waals surface area contributed by atoms with E-state index in [1.807, 2.05) is 11.8 Å². The van der Waals surface area contributed by atoms with Crippen molar-refractivity contribution in [1.82, 2.24) is 20.4 Å². The van der Waals surface area contributed by atoms with Gasteiger partial charge in [0.15, 0.2) is 0 Å². The fourth-order valence-electron chi connectivity index (χ4n) is 2.49. The van der Waals surface area contributed by atoms with Crippen LogP contribution in [0.5, 0.6) is 0 Å². The van der Waals surface area contributed by atoms with Gasteiger partial charge in [-0.15, -0.1) is 0 Å². The first kappa shape index (κ1) is 16.9. The van der Waals surface area contributed by atoms with Gasteiger partial charge in [0.2, 0.25) is 11.8 Å². The highest BCUT2D eigenvalue weighted by atomic mass is 16.2. The molecular formula is C14H28N4O2. The van der Waals surface area contributed by atoms with Gasteiger partial charge in [-0.2, -0.15) is 0 Å². The van der Waals surface area contributed by atoms with E-state index in [0.29, 0.717) is 13.1 Å². The first-order valence-corrected chi connectivity index (χ1v) is 7.41. The van der Waals surface area contributed by atoms with Gasteiger partial charge in [-0.3, -0.25) is 14.5 Å². The molecule has 1 rings (SSSR count). The molecule has 1 aliphatic heterocycles. The molecule has 1 fully saturated rings. The predicted molar refractivity (Wildman–Crippen MR) is 79.4 cm³/mol. The normalized spacial score (nSPS) is 21.3. The maximum Gasteiger partial charge on any atom is 0.240 e. The third-order valence-electron chi connectivity index (χ3n) is 3.56. The molecule has 0 aliphatic carbocycles. The Labute approximate surface area is 121 Å². The zero-order chi connectivity index (χ0) is 15.1. The summed E-state index contributed by atoms with van der Waals surface area (Å²) in [6.07, 6.45) is 2.03. The summed E-state index contributed by atoms with van der Waals surface area (Å²) in [6, 6.07) is -0.0515. The van der Waals surface area contributed by atoms with Crippen molar-refractivity contribution in [1.29, 1.82) is 0 Å². The van der Waals surface area contributed by atoms with Gasteiger partial charge in [0.25, 0.3) is 0 Å². The predicted octanol–water partition coefficient (Wildman–Crippen LogP) is -0.347. The lowest BCUT2D eigenvalue weighted by atomic mass is 10.1. The Hall–Kier alpha value is -1.14. The molecule has 2 atom stereocenters. The van der Waals surface area contributed by atoms with E-state index in [4.69, 9.17) is 0 Å². The van der Waals surface area contributed by atoms with Crippen LogP contribution in [0.25, 0.3) is 0 Å². The number of nitrogens with one attached hydrogen (secondary N) is 2. The van der Waals surface area contributed by atoms with Crippen LogP contribution in [-0.4, -0.2) is 74.0 Å². The lowest BCUT2D eigenvalue weighted by molar-refractivity contribution is -0.136. The summed E-state index contributed by atoms with van der Waals surface area (Å²) in [5.41, 5.74) is 0. The highest BCUT2D eigenvalue weighted by Gasteiger charge is 2.30. The summed E-state index contributed by atoms with van der Waals surface area (Å²) in [4.78, 5) is 27.7. The number of nitrogens with zero attached hydrogens (tertiary/aromatic N) is 2. The quantitative estimate of drug-likeness (QED) is 0.700. The molecule has 0 aromatic carbocycles. The maximum absolute atomic E-state index is 12.1. The topological polar surface area (TPSA) is 64.7 Å². The van der Waals surface area contributed by atoms with E-state index in [1.54, 1.807) is 19.0 Å². The van der Waals surface area contributed by atoms with Gasteiger partial charge in [-0.1, -0.05) is 13.3 Å². The molecule has 1 heterocycles. The number of piperazine rings is 1. The largest absolute Gasteiger partial charge is 0.353 e. The Bertz CT molecular complexity index is 333. The van der Waals surface area contributed by atoms with E-state index >= 15 is 0 Å². The monoisotopic (exact) mass is 284 g/mol. The smallest absolute Gasteiger partial charge is 0.240 e. The van der Waals surface area contributed by atoms with Gasteiger partial charge in [0.05, 0.1) is 6.54 Å². The summed E-state index contributed by atoms with van der Waals surface area (Å²) in [5, 5.41) is 6.20. The average molecular weight is 284 g/mol. The van der Waals surface area contributed by atoms with Crippen LogP contribution in [0.15, 0.2) is 0 Å². The maximum atomic E-state index is 12.1. The van der Waals surface area contributed by atoms with E-state index < -0.39 is 0 Å². The average Bonchev–Trinajstić information content (AvgIpc) is 2.38. The van der Waals surface area contributed by atoms with Crippen LogP contribution in [0.3, 0.4) is 0 Å². The number of amides is 2. The first-order valence-electron chi connectivity index (χ1n) is 7.41. The van der Waals surface area contributed by atoms with E-state index in [2.05, 4.69) is 17.6 Å². The van der Waals surface area contributed by atoms with Crippen molar-refractivity contribution >= 4 is 11.8 Å². The summed E-state index contributed by atoms with van der Waals surface area (Å²) < 4.78 is 0. The zero-order valence-corrected chi connectivity index (χ0v) is 13.1. The Morgan fingerprint density at radius 1 is 1.45 bits per heavy atom. The van der Waals surface area contributed by atoms with Gasteiger partial charge in [0.1, 0.15) is 6.04 Å². The number of likely N-dealkylation sites (N-methyl/N-ethyl adjacent to an activating group) is 1. The molecular weight excluding hydrogens is 256 g/mol. The van der Waals surface area contributed by atoms with Crippen molar-refractivity contribution in [2.24, 2.45) is 0 Å². The number of hydrogen-bond acceptors (Lipinski definition) is 4. The van der Waals surface area contributed by atoms with E-state index in [1.165, 1.54) is 0 Å². The standard InChI is InChI=1S/C14H28N4O2/c1-5-6-11(2)16-13(19)10-18-8-7-15-9-12(18)14(20)17(3)4/h11-12,15H,5-10H2,1-4H3,(H,16,19). The number of rotatable bonds is 6. The van der Waals surface area contributed by atoms with Crippen molar-refractivity contribution in [3.63, 3.8) is 0 Å². The Morgan fingerprint density at radius 2 is 2.15 bits per heavy atom. The molecule has 6 nitrogen and oxygen atoms in total. The number of carbonyl (C=O) groups is 2. The van der Waals surface area contributed by atoms with Crippen molar-refractivity contribution in [2.45, 2.75) is 38.8 Å². The molecule has 2 N–H and O–H groups in total. The molecule has 0 spiro atoms. The molecule has 6 heteroatoms. The molecule has 0 saturated carbocycles. The van der Waals surface area contributed by atoms with Gasteiger partial charge in [0, 0.05) is 39.8 Å². The molecule has 2 unspecified atom stereocenters. The third-order valence-corrected chi connectivity index (χ3v) is 3.56. The molecule has 0 aromatic heterocycles. The molecule has 2 amide bonds. The van der Waals surface area contributed by atoms with E-state index in [0.717, 1.165) is 25.9 Å². The molecule has 0 radical (unpaired) electrons. The summed E-state index contributed by atoms with van der Waals surface area (Å²) >= 11 is 0. The van der Waals surface area contributed by atoms with Crippen molar-refractivity contribution < 1.29 is 9.59 Å². The highest BCUT2D eigenvalue weighted by molar-refractivity contribution is 5.83. The van der Waals surface area contributed by atoms with Crippen LogP contribution in [0, 0.1) is 0 Å². The SMILES string of the molecule is CCCC(C)NC(=O)CN1CCNCC1C(=O)N(C)C. The second kappa shape index (κ2) is 8.21. The van der Waals surface area contributed by atoms with E-state index in [9.17, 15) is 9.59 Å². The lowest BCUT2D eigenvalue weighted by Crippen LogP contribution is -2.59. The fourth-order valence-corrected chi connectivity index (χ4v) is 2.49. The number of carbonyl (C=O) groups excluding carboxylic acids is 2. The van der Waals surface area contributed by atoms with Gasteiger partial charge in [-0.05, 0) is 13.3 Å². The summed E-state index contributed by atoms with van der Waals surface area (Å²) in [6.45, 7) is 6.55. The zero-order valence-electron chi connectivity index (χ0n) is 13.1. The third kappa shape index (κ3) is 5.09. The minimum absolute atomic E-state index is 0.00408. The second-order valence-electron chi connectivity index (χ2n) is 5.68. The Kier molecular flexibility index (Phi) is 6.95. The van der Waals surface area contributed by atoms with Crippen molar-refractivity contribution in [2.75, 3.05) is 40.3 Å². The Balaban J connectivity index is 2.54. The highest BCUT2D eigenvalue weighted by Crippen LogP contribution is 2.06. The minimum atomic E-state index is -0.244. The first-order chi connectivity index (χ1) is 9.45. The van der Waals surface area contributed by atoms with E-state index in [-0.39, 0.29) is 23.9 Å². The molecule has 0 aromatic rings. The molecule has 1 aliphatic rings. The van der Waals surface area contributed by atoms with Crippen LogP contribution in [0.2, 0.25) is 0 Å². The minimum Gasteiger partial charge on any atom is -0.353 e. The van der Waals surface area contributed by atoms with Crippen LogP contribution in [0.1, 0.15) is 26.7 Å². The fraction of sp³-hybridized carbons (Fsp3) is 0.857.